The number of ether oxygens (including phenoxy) is 1. The Labute approximate surface area is 115 Å². The Bertz CT molecular complexity index is 683. The Kier molecular flexibility index (Phi) is 3.18. The van der Waals surface area contributed by atoms with Gasteiger partial charge in [0.2, 0.25) is 5.88 Å². The van der Waals surface area contributed by atoms with Crippen molar-refractivity contribution in [3.8, 4) is 5.88 Å². The fourth-order valence-electron chi connectivity index (χ4n) is 2.21. The highest BCUT2D eigenvalue weighted by Crippen LogP contribution is 2.32. The second kappa shape index (κ2) is 5.00. The fourth-order valence-corrected chi connectivity index (χ4v) is 2.21. The van der Waals surface area contributed by atoms with Crippen LogP contribution in [0.2, 0.25) is 0 Å². The third kappa shape index (κ3) is 2.52. The SMILES string of the molecule is C[C@H](Oc1cc(=O)n(C2CC2)c(=O)[nH]1)c1ccccc1. The van der Waals surface area contributed by atoms with Gasteiger partial charge in [-0.15, -0.1) is 0 Å². The molecule has 5 heteroatoms. The highest BCUT2D eigenvalue weighted by atomic mass is 16.5. The van der Waals surface area contributed by atoms with Gasteiger partial charge in [-0.2, -0.15) is 0 Å². The maximum absolute atomic E-state index is 11.9. The van der Waals surface area contributed by atoms with Crippen LogP contribution < -0.4 is 16.0 Å². The monoisotopic (exact) mass is 272 g/mol. The number of benzene rings is 1. The van der Waals surface area contributed by atoms with Crippen LogP contribution in [0.4, 0.5) is 0 Å². The van der Waals surface area contributed by atoms with Gasteiger partial charge in [0.05, 0.1) is 6.07 Å². The molecule has 20 heavy (non-hydrogen) atoms. The van der Waals surface area contributed by atoms with E-state index in [0.29, 0.717) is 0 Å². The average molecular weight is 272 g/mol. The van der Waals surface area contributed by atoms with Gasteiger partial charge in [-0.05, 0) is 25.3 Å². The van der Waals surface area contributed by atoms with Crippen LogP contribution in [0, 0.1) is 0 Å². The predicted molar refractivity (Wildman–Crippen MR) is 75.1 cm³/mol. The summed E-state index contributed by atoms with van der Waals surface area (Å²) in [6.07, 6.45) is 1.55. The maximum Gasteiger partial charge on any atom is 0.331 e. The standard InChI is InChI=1S/C15H16N2O3/c1-10(11-5-3-2-4-6-11)20-13-9-14(18)17(12-7-8-12)15(19)16-13/h2-6,9-10,12H,7-8H2,1H3,(H,16,19)/t10-/m0/s1. The molecule has 1 fully saturated rings. The van der Waals surface area contributed by atoms with Crippen molar-refractivity contribution in [2.75, 3.05) is 0 Å². The van der Waals surface area contributed by atoms with Gasteiger partial charge in [0, 0.05) is 6.04 Å². The first-order valence-electron chi connectivity index (χ1n) is 6.72. The molecule has 104 valence electrons. The molecule has 1 atom stereocenters. The van der Waals surface area contributed by atoms with Crippen molar-refractivity contribution in [3.05, 3.63) is 62.8 Å². The number of nitrogens with zero attached hydrogens (tertiary/aromatic N) is 1. The van der Waals surface area contributed by atoms with Gasteiger partial charge in [0.15, 0.2) is 0 Å². The summed E-state index contributed by atoms with van der Waals surface area (Å²) in [5.41, 5.74) is 0.293. The first-order valence-corrected chi connectivity index (χ1v) is 6.72. The molecule has 1 saturated carbocycles. The molecule has 3 rings (SSSR count). The third-order valence-corrected chi connectivity index (χ3v) is 3.43. The Morgan fingerprint density at radius 2 is 1.95 bits per heavy atom. The average Bonchev–Trinajstić information content (AvgIpc) is 3.23. The zero-order chi connectivity index (χ0) is 14.1. The van der Waals surface area contributed by atoms with Crippen LogP contribution in [0.25, 0.3) is 0 Å². The third-order valence-electron chi connectivity index (χ3n) is 3.43. The lowest BCUT2D eigenvalue weighted by Crippen LogP contribution is -2.34. The van der Waals surface area contributed by atoms with Crippen molar-refractivity contribution < 1.29 is 4.74 Å². The number of H-pyrrole nitrogens is 1. The number of aromatic amines is 1. The smallest absolute Gasteiger partial charge is 0.331 e. The van der Waals surface area contributed by atoms with E-state index in [-0.39, 0.29) is 23.6 Å². The van der Waals surface area contributed by atoms with E-state index in [1.807, 2.05) is 37.3 Å². The van der Waals surface area contributed by atoms with E-state index in [1.54, 1.807) is 0 Å². The van der Waals surface area contributed by atoms with Crippen LogP contribution in [0.1, 0.15) is 37.5 Å². The summed E-state index contributed by atoms with van der Waals surface area (Å²) < 4.78 is 6.91. The molecule has 0 aliphatic heterocycles. The van der Waals surface area contributed by atoms with Gasteiger partial charge >= 0.3 is 5.69 Å². The van der Waals surface area contributed by atoms with Crippen LogP contribution in [0.5, 0.6) is 5.88 Å². The minimum Gasteiger partial charge on any atom is -0.471 e. The molecule has 1 heterocycles. The predicted octanol–water partition coefficient (Wildman–Crippen LogP) is 2.01. The Balaban J connectivity index is 1.85. The number of aromatic nitrogens is 2. The molecule has 5 nitrogen and oxygen atoms in total. The summed E-state index contributed by atoms with van der Waals surface area (Å²) in [5.74, 6) is 0.216. The highest BCUT2D eigenvalue weighted by molar-refractivity contribution is 5.19. The molecule has 0 amide bonds. The molecule has 1 aromatic heterocycles. The molecule has 1 N–H and O–H groups in total. The maximum atomic E-state index is 11.9. The summed E-state index contributed by atoms with van der Waals surface area (Å²) in [7, 11) is 0. The van der Waals surface area contributed by atoms with Gasteiger partial charge in [0.1, 0.15) is 6.10 Å². The zero-order valence-corrected chi connectivity index (χ0v) is 11.2. The van der Waals surface area contributed by atoms with Crippen molar-refractivity contribution in [2.24, 2.45) is 0 Å². The Morgan fingerprint density at radius 3 is 2.55 bits per heavy atom. The first kappa shape index (κ1) is 12.7. The van der Waals surface area contributed by atoms with E-state index in [2.05, 4.69) is 4.98 Å². The molecule has 0 saturated heterocycles. The van der Waals surface area contributed by atoms with Crippen molar-refractivity contribution in [3.63, 3.8) is 0 Å². The summed E-state index contributed by atoms with van der Waals surface area (Å²) in [4.78, 5) is 26.4. The van der Waals surface area contributed by atoms with Crippen molar-refractivity contribution in [1.82, 2.24) is 9.55 Å². The molecule has 0 radical (unpaired) electrons. The molecular formula is C15H16N2O3. The van der Waals surface area contributed by atoms with Gasteiger partial charge in [-0.3, -0.25) is 14.3 Å². The minimum atomic E-state index is -0.393. The molecule has 1 aliphatic rings. The van der Waals surface area contributed by atoms with Gasteiger partial charge in [-0.1, -0.05) is 30.3 Å². The van der Waals surface area contributed by atoms with E-state index in [0.717, 1.165) is 18.4 Å². The molecule has 0 unspecified atom stereocenters. The lowest BCUT2D eigenvalue weighted by Gasteiger charge is -2.14. The largest absolute Gasteiger partial charge is 0.471 e. The molecule has 0 spiro atoms. The van der Waals surface area contributed by atoms with Gasteiger partial charge < -0.3 is 4.74 Å². The summed E-state index contributed by atoms with van der Waals surface area (Å²) in [6.45, 7) is 1.88. The topological polar surface area (TPSA) is 64.1 Å². The van der Waals surface area contributed by atoms with E-state index in [9.17, 15) is 9.59 Å². The number of hydrogen-bond acceptors (Lipinski definition) is 3. The second-order valence-corrected chi connectivity index (χ2v) is 5.05. The molecule has 1 aliphatic carbocycles. The zero-order valence-electron chi connectivity index (χ0n) is 11.2. The number of rotatable bonds is 4. The van der Waals surface area contributed by atoms with E-state index in [1.165, 1.54) is 10.6 Å². The van der Waals surface area contributed by atoms with Crippen molar-refractivity contribution in [1.29, 1.82) is 0 Å². The van der Waals surface area contributed by atoms with Crippen LogP contribution >= 0.6 is 0 Å². The highest BCUT2D eigenvalue weighted by Gasteiger charge is 2.27. The Hall–Kier alpha value is -2.30. The van der Waals surface area contributed by atoms with Crippen LogP contribution in [-0.4, -0.2) is 9.55 Å². The van der Waals surface area contributed by atoms with Crippen LogP contribution in [0.3, 0.4) is 0 Å². The van der Waals surface area contributed by atoms with E-state index < -0.39 is 5.69 Å². The normalized spacial score (nSPS) is 15.8. The summed E-state index contributed by atoms with van der Waals surface area (Å²) in [6, 6.07) is 11.1. The number of nitrogens with one attached hydrogen (secondary N) is 1. The second-order valence-electron chi connectivity index (χ2n) is 5.05. The molecule has 2 aromatic rings. The lowest BCUT2D eigenvalue weighted by atomic mass is 10.1. The molecule has 1 aromatic carbocycles. The Morgan fingerprint density at radius 1 is 1.25 bits per heavy atom. The fraction of sp³-hybridized carbons (Fsp3) is 0.333. The van der Waals surface area contributed by atoms with E-state index >= 15 is 0 Å². The van der Waals surface area contributed by atoms with Crippen molar-refractivity contribution in [2.45, 2.75) is 31.9 Å². The minimum absolute atomic E-state index is 0.0619. The van der Waals surface area contributed by atoms with Gasteiger partial charge in [-0.25, -0.2) is 4.79 Å². The van der Waals surface area contributed by atoms with Crippen LogP contribution in [0.15, 0.2) is 46.0 Å². The molecular weight excluding hydrogens is 256 g/mol. The van der Waals surface area contributed by atoms with Crippen molar-refractivity contribution >= 4 is 0 Å². The van der Waals surface area contributed by atoms with E-state index in [4.69, 9.17) is 4.74 Å². The lowest BCUT2D eigenvalue weighted by molar-refractivity contribution is 0.215. The van der Waals surface area contributed by atoms with Crippen LogP contribution in [-0.2, 0) is 0 Å². The summed E-state index contributed by atoms with van der Waals surface area (Å²) >= 11 is 0. The quantitative estimate of drug-likeness (QED) is 0.926. The number of hydrogen-bond donors (Lipinski definition) is 1. The summed E-state index contributed by atoms with van der Waals surface area (Å²) in [5, 5.41) is 0. The first-order chi connectivity index (χ1) is 9.65. The molecule has 0 bridgehead atoms. The van der Waals surface area contributed by atoms with Gasteiger partial charge in [0.25, 0.3) is 5.56 Å².